The van der Waals surface area contributed by atoms with E-state index in [1.165, 1.54) is 5.56 Å². The molecule has 0 aliphatic rings. The van der Waals surface area contributed by atoms with Gasteiger partial charge in [-0.2, -0.15) is 0 Å². The van der Waals surface area contributed by atoms with E-state index in [2.05, 4.69) is 11.4 Å². The number of nitrogens with zero attached hydrogens (tertiary/aromatic N) is 1. The molecule has 0 saturated carbocycles. The zero-order valence-electron chi connectivity index (χ0n) is 13.4. The normalized spacial score (nSPS) is 11.1. The van der Waals surface area contributed by atoms with Crippen LogP contribution in [0, 0.1) is 13.8 Å². The van der Waals surface area contributed by atoms with Crippen LogP contribution in [0.4, 0.5) is 4.79 Å². The largest absolute Gasteiger partial charge is 0.473 e. The molecule has 0 radical (unpaired) electrons. The molecule has 1 rings (SSSR count). The summed E-state index contributed by atoms with van der Waals surface area (Å²) in [5.41, 5.74) is 2.07. The van der Waals surface area contributed by atoms with Crippen LogP contribution in [0.2, 0.25) is 0 Å². The van der Waals surface area contributed by atoms with Crippen LogP contribution in [0.25, 0.3) is 0 Å². The number of benzene rings is 1. The van der Waals surface area contributed by atoms with Gasteiger partial charge in [0.25, 0.3) is 0 Å². The van der Waals surface area contributed by atoms with E-state index in [1.807, 2.05) is 53.7 Å². The van der Waals surface area contributed by atoms with Gasteiger partial charge in [-0.15, -0.1) is 0 Å². The summed E-state index contributed by atoms with van der Waals surface area (Å²) in [6, 6.07) is 5.88. The van der Waals surface area contributed by atoms with Crippen LogP contribution >= 0.6 is 0 Å². The van der Waals surface area contributed by atoms with E-state index in [0.29, 0.717) is 6.54 Å². The Morgan fingerprint density at radius 2 is 1.95 bits per heavy atom. The van der Waals surface area contributed by atoms with Gasteiger partial charge in [0.15, 0.2) is 6.73 Å². The fourth-order valence-corrected chi connectivity index (χ4v) is 2.15. The third-order valence-electron chi connectivity index (χ3n) is 3.15. The van der Waals surface area contributed by atoms with Gasteiger partial charge in [-0.1, -0.05) is 17.7 Å². The van der Waals surface area contributed by atoms with E-state index in [9.17, 15) is 4.79 Å². The Balaban J connectivity index is 2.53. The number of carbonyl (C=O) groups is 1. The lowest BCUT2D eigenvalue weighted by molar-refractivity contribution is 0.141. The second-order valence-electron chi connectivity index (χ2n) is 5.95. The van der Waals surface area contributed by atoms with Crippen molar-refractivity contribution in [3.8, 4) is 5.75 Å². The lowest BCUT2D eigenvalue weighted by Crippen LogP contribution is -2.50. The number of urea groups is 1. The molecule has 4 nitrogen and oxygen atoms in total. The first-order chi connectivity index (χ1) is 9.25. The van der Waals surface area contributed by atoms with Crippen LogP contribution < -0.4 is 10.1 Å². The second-order valence-corrected chi connectivity index (χ2v) is 5.95. The van der Waals surface area contributed by atoms with Gasteiger partial charge in [-0.25, -0.2) is 4.79 Å². The maximum absolute atomic E-state index is 12.1. The lowest BCUT2D eigenvalue weighted by atomic mass is 10.1. The Kier molecular flexibility index (Phi) is 5.43. The van der Waals surface area contributed by atoms with Gasteiger partial charge < -0.3 is 15.0 Å². The SMILES string of the molecule is CCN(C(=O)NCOc1ccc(C)cc1C)C(C)(C)C. The number of amides is 2. The zero-order valence-corrected chi connectivity index (χ0v) is 13.4. The van der Waals surface area contributed by atoms with Crippen molar-refractivity contribution in [1.82, 2.24) is 10.2 Å². The third kappa shape index (κ3) is 4.44. The molecule has 0 aromatic heterocycles. The molecule has 1 aromatic rings. The average molecular weight is 278 g/mol. The van der Waals surface area contributed by atoms with Crippen LogP contribution in [0.15, 0.2) is 18.2 Å². The number of ether oxygens (including phenoxy) is 1. The van der Waals surface area contributed by atoms with Crippen molar-refractivity contribution in [2.75, 3.05) is 13.3 Å². The van der Waals surface area contributed by atoms with E-state index in [1.54, 1.807) is 4.90 Å². The van der Waals surface area contributed by atoms with E-state index in [-0.39, 0.29) is 18.3 Å². The molecule has 0 heterocycles. The molecule has 0 aliphatic heterocycles. The van der Waals surface area contributed by atoms with Crippen molar-refractivity contribution >= 4 is 6.03 Å². The predicted octanol–water partition coefficient (Wildman–Crippen LogP) is 3.47. The Morgan fingerprint density at radius 1 is 1.30 bits per heavy atom. The van der Waals surface area contributed by atoms with Crippen LogP contribution in [0.5, 0.6) is 5.75 Å². The maximum atomic E-state index is 12.1. The molecule has 0 aliphatic carbocycles. The molecule has 2 amide bonds. The molecule has 0 fully saturated rings. The van der Waals surface area contributed by atoms with Gasteiger partial charge in [0, 0.05) is 12.1 Å². The minimum absolute atomic E-state index is 0.107. The number of nitrogens with one attached hydrogen (secondary N) is 1. The van der Waals surface area contributed by atoms with Crippen molar-refractivity contribution in [3.63, 3.8) is 0 Å². The first-order valence-electron chi connectivity index (χ1n) is 7.01. The topological polar surface area (TPSA) is 41.6 Å². The minimum Gasteiger partial charge on any atom is -0.473 e. The summed E-state index contributed by atoms with van der Waals surface area (Å²) in [6.45, 7) is 12.9. The maximum Gasteiger partial charge on any atom is 0.320 e. The van der Waals surface area contributed by atoms with Gasteiger partial charge >= 0.3 is 6.03 Å². The lowest BCUT2D eigenvalue weighted by Gasteiger charge is -2.34. The zero-order chi connectivity index (χ0) is 15.3. The summed E-state index contributed by atoms with van der Waals surface area (Å²) < 4.78 is 5.61. The summed E-state index contributed by atoms with van der Waals surface area (Å²) in [4.78, 5) is 13.9. The molecule has 0 unspecified atom stereocenters. The second kappa shape index (κ2) is 6.64. The van der Waals surface area contributed by atoms with Crippen LogP contribution in [-0.2, 0) is 0 Å². The Hall–Kier alpha value is -1.71. The fourth-order valence-electron chi connectivity index (χ4n) is 2.15. The summed E-state index contributed by atoms with van der Waals surface area (Å²) in [6.07, 6.45) is 0. The average Bonchev–Trinajstić information content (AvgIpc) is 2.31. The van der Waals surface area contributed by atoms with Gasteiger partial charge in [0.05, 0.1) is 0 Å². The quantitative estimate of drug-likeness (QED) is 0.857. The van der Waals surface area contributed by atoms with Crippen LogP contribution in [0.3, 0.4) is 0 Å². The predicted molar refractivity (Wildman–Crippen MR) is 82.1 cm³/mol. The number of hydrogen-bond donors (Lipinski definition) is 1. The first-order valence-corrected chi connectivity index (χ1v) is 7.01. The fraction of sp³-hybridized carbons (Fsp3) is 0.562. The standard InChI is InChI=1S/C16H26N2O2/c1-7-18(16(4,5)6)15(19)17-11-20-14-9-8-12(2)10-13(14)3/h8-10H,7,11H2,1-6H3,(H,17,19). The number of rotatable bonds is 4. The molecule has 1 N–H and O–H groups in total. The molecule has 1 aromatic carbocycles. The Labute approximate surface area is 122 Å². The molecule has 0 spiro atoms. The third-order valence-corrected chi connectivity index (χ3v) is 3.15. The highest BCUT2D eigenvalue weighted by Gasteiger charge is 2.24. The molecular weight excluding hydrogens is 252 g/mol. The van der Waals surface area contributed by atoms with Crippen molar-refractivity contribution < 1.29 is 9.53 Å². The monoisotopic (exact) mass is 278 g/mol. The molecule has 0 bridgehead atoms. The van der Waals surface area contributed by atoms with Crippen molar-refractivity contribution in [1.29, 1.82) is 0 Å². The highest BCUT2D eigenvalue weighted by Crippen LogP contribution is 2.18. The van der Waals surface area contributed by atoms with Crippen molar-refractivity contribution in [2.24, 2.45) is 0 Å². The van der Waals surface area contributed by atoms with Crippen LogP contribution in [-0.4, -0.2) is 29.7 Å². The molecule has 0 saturated heterocycles. The van der Waals surface area contributed by atoms with Gasteiger partial charge in [-0.3, -0.25) is 0 Å². The minimum atomic E-state index is -0.196. The summed E-state index contributed by atoms with van der Waals surface area (Å²) in [5.74, 6) is 0.801. The molecule has 112 valence electrons. The molecular formula is C16H26N2O2. The Bertz CT molecular complexity index is 464. The highest BCUT2D eigenvalue weighted by molar-refractivity contribution is 5.74. The van der Waals surface area contributed by atoms with E-state index < -0.39 is 0 Å². The number of carbonyl (C=O) groups excluding carboxylic acids is 1. The number of hydrogen-bond acceptors (Lipinski definition) is 2. The summed E-state index contributed by atoms with van der Waals surface area (Å²) in [7, 11) is 0. The molecule has 20 heavy (non-hydrogen) atoms. The van der Waals surface area contributed by atoms with Crippen molar-refractivity contribution in [3.05, 3.63) is 29.3 Å². The van der Waals surface area contributed by atoms with E-state index >= 15 is 0 Å². The molecule has 4 heteroatoms. The summed E-state index contributed by atoms with van der Waals surface area (Å²) in [5, 5.41) is 2.80. The smallest absolute Gasteiger partial charge is 0.320 e. The van der Waals surface area contributed by atoms with Gasteiger partial charge in [0.1, 0.15) is 5.75 Å². The number of aryl methyl sites for hydroxylation is 2. The summed E-state index contributed by atoms with van der Waals surface area (Å²) >= 11 is 0. The van der Waals surface area contributed by atoms with E-state index in [0.717, 1.165) is 11.3 Å². The van der Waals surface area contributed by atoms with Crippen LogP contribution in [0.1, 0.15) is 38.8 Å². The molecule has 0 atom stereocenters. The van der Waals surface area contributed by atoms with E-state index in [4.69, 9.17) is 4.74 Å². The Morgan fingerprint density at radius 3 is 2.45 bits per heavy atom. The van der Waals surface area contributed by atoms with Crippen molar-refractivity contribution in [2.45, 2.75) is 47.1 Å². The van der Waals surface area contributed by atoms with Gasteiger partial charge in [0.2, 0.25) is 0 Å². The first kappa shape index (κ1) is 16.3. The van der Waals surface area contributed by atoms with Gasteiger partial charge in [-0.05, 0) is 53.2 Å². The highest BCUT2D eigenvalue weighted by atomic mass is 16.5.